The number of carboxylic acid groups (broad SMARTS) is 1. The Kier molecular flexibility index (Phi) is 2.95. The molecule has 0 aliphatic rings. The van der Waals surface area contributed by atoms with Crippen LogP contribution in [0.1, 0.15) is 20.8 Å². The van der Waals surface area contributed by atoms with Crippen LogP contribution in [-0.2, 0) is 0 Å². The summed E-state index contributed by atoms with van der Waals surface area (Å²) >= 11 is 0. The van der Waals surface area contributed by atoms with Gasteiger partial charge >= 0.3 is 6.09 Å². The smallest absolute Gasteiger partial charge is 0.399 e. The van der Waals surface area contributed by atoms with Crippen LogP contribution in [0.5, 0.6) is 0 Å². The fraction of sp³-hybridized carbons (Fsp3) is 0.875. The summed E-state index contributed by atoms with van der Waals surface area (Å²) in [4.78, 5) is 11.0. The van der Waals surface area contributed by atoms with Gasteiger partial charge in [-0.25, -0.2) is 4.79 Å². The van der Waals surface area contributed by atoms with Gasteiger partial charge in [0.25, 0.3) is 0 Å². The maximum Gasteiger partial charge on any atom is 0.399 e. The van der Waals surface area contributed by atoms with Crippen molar-refractivity contribution in [2.45, 2.75) is 46.0 Å². The lowest BCUT2D eigenvalue weighted by atomic mass is 10.1. The molecule has 1 N–H and O–H groups in total. The molecule has 0 saturated carbocycles. The fourth-order valence-electron chi connectivity index (χ4n) is 1.58. The van der Waals surface area contributed by atoms with Gasteiger partial charge in [-0.1, -0.05) is 19.6 Å². The third-order valence-electron chi connectivity index (χ3n) is 1.53. The highest BCUT2D eigenvalue weighted by Crippen LogP contribution is 2.21. The number of carbonyl (C=O) groups is 1. The maximum absolute atomic E-state index is 11.0. The Morgan fingerprint density at radius 2 is 1.58 bits per heavy atom. The number of rotatable bonds is 1. The van der Waals surface area contributed by atoms with E-state index >= 15 is 0 Å². The van der Waals surface area contributed by atoms with Crippen molar-refractivity contribution in [2.75, 3.05) is 0 Å². The van der Waals surface area contributed by atoms with Crippen LogP contribution in [-0.4, -0.2) is 29.5 Å². The van der Waals surface area contributed by atoms with Crippen LogP contribution in [0.4, 0.5) is 4.79 Å². The summed E-state index contributed by atoms with van der Waals surface area (Å²) in [6, 6.07) is 0. The van der Waals surface area contributed by atoms with Gasteiger partial charge in [0.05, 0.1) is 0 Å². The normalized spacial score (nSPS) is 12.8. The molecule has 0 saturated heterocycles. The van der Waals surface area contributed by atoms with Crippen LogP contribution in [0.3, 0.4) is 0 Å². The minimum Gasteiger partial charge on any atom is -0.465 e. The van der Waals surface area contributed by atoms with Gasteiger partial charge in [0.2, 0.25) is 0 Å². The minimum absolute atomic E-state index is 0.281. The molecule has 0 aromatic rings. The number of nitrogens with zero attached hydrogens (tertiary/aromatic N) is 1. The summed E-state index contributed by atoms with van der Waals surface area (Å²) in [6.45, 7) is 11.9. The predicted molar refractivity (Wildman–Crippen MR) is 53.0 cm³/mol. The highest BCUT2D eigenvalue weighted by Gasteiger charge is 2.36. The molecule has 0 unspecified atom stereocenters. The van der Waals surface area contributed by atoms with Crippen LogP contribution < -0.4 is 0 Å². The Morgan fingerprint density at radius 3 is 1.58 bits per heavy atom. The molecule has 0 aromatic carbocycles. The highest BCUT2D eigenvalue weighted by molar-refractivity contribution is 6.75. The molecule has 0 atom stereocenters. The second-order valence-electron chi connectivity index (χ2n) is 4.96. The topological polar surface area (TPSA) is 40.5 Å². The van der Waals surface area contributed by atoms with E-state index in [2.05, 4.69) is 0 Å². The maximum atomic E-state index is 11.0. The fourth-order valence-corrected chi connectivity index (χ4v) is 4.17. The van der Waals surface area contributed by atoms with E-state index in [-0.39, 0.29) is 5.54 Å². The van der Waals surface area contributed by atoms with Gasteiger partial charge in [0.1, 0.15) is 0 Å². The molecule has 0 fully saturated rings. The average molecular weight is 189 g/mol. The first-order valence-corrected chi connectivity index (χ1v) is 7.55. The summed E-state index contributed by atoms with van der Waals surface area (Å²) in [6.07, 6.45) is -0.804. The molecule has 0 aliphatic carbocycles. The largest absolute Gasteiger partial charge is 0.465 e. The Morgan fingerprint density at radius 1 is 1.25 bits per heavy atom. The molecule has 4 heteroatoms. The highest BCUT2D eigenvalue weighted by atomic mass is 28.3. The molecular formula is C8H19NO2Si. The Hall–Kier alpha value is -0.513. The third-order valence-corrected chi connectivity index (χ3v) is 3.74. The summed E-state index contributed by atoms with van der Waals surface area (Å²) in [5.41, 5.74) is -0.281. The van der Waals surface area contributed by atoms with Gasteiger partial charge < -0.3 is 9.67 Å². The van der Waals surface area contributed by atoms with Gasteiger partial charge in [-0.2, -0.15) is 0 Å². The van der Waals surface area contributed by atoms with Crippen molar-refractivity contribution < 1.29 is 9.90 Å². The Balaban J connectivity index is 4.82. The molecule has 3 nitrogen and oxygen atoms in total. The first-order chi connectivity index (χ1) is 5.07. The Labute approximate surface area is 75.5 Å². The zero-order valence-electron chi connectivity index (χ0n) is 8.80. The van der Waals surface area contributed by atoms with E-state index in [1.165, 1.54) is 0 Å². The summed E-state index contributed by atoms with van der Waals surface area (Å²) in [7, 11) is -1.75. The second kappa shape index (κ2) is 3.09. The van der Waals surface area contributed by atoms with Crippen LogP contribution in [0.15, 0.2) is 0 Å². The second-order valence-corrected chi connectivity index (χ2v) is 9.75. The van der Waals surface area contributed by atoms with E-state index in [1.54, 1.807) is 4.57 Å². The molecule has 0 bridgehead atoms. The lowest BCUT2D eigenvalue weighted by Crippen LogP contribution is -2.58. The van der Waals surface area contributed by atoms with Gasteiger partial charge in [-0.15, -0.1) is 0 Å². The lowest BCUT2D eigenvalue weighted by molar-refractivity contribution is 0.142. The zero-order valence-corrected chi connectivity index (χ0v) is 9.80. The van der Waals surface area contributed by atoms with Crippen molar-refractivity contribution in [1.82, 2.24) is 4.57 Å². The quantitative estimate of drug-likeness (QED) is 0.644. The van der Waals surface area contributed by atoms with E-state index in [0.717, 1.165) is 0 Å². The standard InChI is InChI=1S/C8H19NO2Si/c1-8(2,3)9(7(10)11)12(4,5)6/h1-6H3,(H,10,11). The van der Waals surface area contributed by atoms with Crippen molar-refractivity contribution in [3.63, 3.8) is 0 Å². The van der Waals surface area contributed by atoms with Crippen LogP contribution in [0.2, 0.25) is 19.6 Å². The molecule has 12 heavy (non-hydrogen) atoms. The molecule has 0 rings (SSSR count). The van der Waals surface area contributed by atoms with Gasteiger partial charge in [-0.3, -0.25) is 0 Å². The van der Waals surface area contributed by atoms with Crippen LogP contribution in [0.25, 0.3) is 0 Å². The molecule has 72 valence electrons. The lowest BCUT2D eigenvalue weighted by Gasteiger charge is -2.42. The van der Waals surface area contributed by atoms with Crippen molar-refractivity contribution >= 4 is 14.3 Å². The monoisotopic (exact) mass is 189 g/mol. The minimum atomic E-state index is -1.75. The number of hydrogen-bond acceptors (Lipinski definition) is 1. The van der Waals surface area contributed by atoms with Crippen molar-refractivity contribution in [3.8, 4) is 0 Å². The van der Waals surface area contributed by atoms with Gasteiger partial charge in [0, 0.05) is 5.54 Å². The predicted octanol–water partition coefficient (Wildman–Crippen LogP) is 2.60. The third kappa shape index (κ3) is 2.85. The van der Waals surface area contributed by atoms with Crippen LogP contribution >= 0.6 is 0 Å². The molecule has 0 heterocycles. The first kappa shape index (κ1) is 11.5. The van der Waals surface area contributed by atoms with E-state index < -0.39 is 14.3 Å². The zero-order chi connectivity index (χ0) is 10.2. The molecule has 0 aliphatic heterocycles. The van der Waals surface area contributed by atoms with Crippen molar-refractivity contribution in [2.24, 2.45) is 0 Å². The average Bonchev–Trinajstić information content (AvgIpc) is 1.49. The first-order valence-electron chi connectivity index (χ1n) is 4.10. The SMILES string of the molecule is CC(C)(C)N(C(=O)O)[Si](C)(C)C. The van der Waals surface area contributed by atoms with Crippen molar-refractivity contribution in [3.05, 3.63) is 0 Å². The molecular weight excluding hydrogens is 170 g/mol. The van der Waals surface area contributed by atoms with E-state index in [1.807, 2.05) is 40.4 Å². The van der Waals surface area contributed by atoms with Crippen LogP contribution in [0, 0.1) is 0 Å². The molecule has 0 radical (unpaired) electrons. The summed E-state index contributed by atoms with van der Waals surface area (Å²) < 4.78 is 1.60. The van der Waals surface area contributed by atoms with E-state index in [4.69, 9.17) is 5.11 Å². The van der Waals surface area contributed by atoms with Gasteiger partial charge in [0.15, 0.2) is 8.24 Å². The summed E-state index contributed by atoms with van der Waals surface area (Å²) in [5.74, 6) is 0. The van der Waals surface area contributed by atoms with Crippen molar-refractivity contribution in [1.29, 1.82) is 0 Å². The molecule has 0 aromatic heterocycles. The van der Waals surface area contributed by atoms with Gasteiger partial charge in [-0.05, 0) is 20.8 Å². The Bertz CT molecular complexity index is 164. The number of hydrogen-bond donors (Lipinski definition) is 1. The number of amides is 1. The van der Waals surface area contributed by atoms with E-state index in [9.17, 15) is 4.79 Å². The molecule has 0 spiro atoms. The summed E-state index contributed by atoms with van der Waals surface area (Å²) in [5, 5.41) is 9.01. The van der Waals surface area contributed by atoms with E-state index in [0.29, 0.717) is 0 Å². The molecule has 1 amide bonds.